The highest BCUT2D eigenvalue weighted by atomic mass is 16.2. The predicted molar refractivity (Wildman–Crippen MR) is 60.5 cm³/mol. The Balaban J connectivity index is 2.93. The standard InChI is InChI=1S/C11H15N3O/c1-8(2)10(13-14-11(12)15)9-6-4-3-5-7-9/h3-8H,1-2H3,(H3,12,14,15)/b13-10+. The molecule has 0 aliphatic rings. The lowest BCUT2D eigenvalue weighted by atomic mass is 10.0. The number of carbonyl (C=O) groups excluding carboxylic acids is 1. The van der Waals surface area contributed by atoms with Crippen molar-refractivity contribution in [2.24, 2.45) is 16.8 Å². The molecule has 2 amide bonds. The van der Waals surface area contributed by atoms with Gasteiger partial charge in [-0.25, -0.2) is 10.2 Å². The molecule has 0 atom stereocenters. The highest BCUT2D eigenvalue weighted by Crippen LogP contribution is 2.08. The number of nitrogens with zero attached hydrogens (tertiary/aromatic N) is 1. The largest absolute Gasteiger partial charge is 0.350 e. The maximum Gasteiger partial charge on any atom is 0.332 e. The van der Waals surface area contributed by atoms with E-state index in [0.29, 0.717) is 0 Å². The number of amides is 2. The normalized spacial score (nSPS) is 11.5. The van der Waals surface area contributed by atoms with E-state index in [0.717, 1.165) is 11.3 Å². The number of nitrogens with two attached hydrogens (primary N) is 1. The van der Waals surface area contributed by atoms with E-state index in [9.17, 15) is 4.79 Å². The van der Waals surface area contributed by atoms with Crippen LogP contribution in [0.3, 0.4) is 0 Å². The van der Waals surface area contributed by atoms with Crippen molar-refractivity contribution in [2.75, 3.05) is 0 Å². The fourth-order valence-corrected chi connectivity index (χ4v) is 1.25. The molecule has 1 aromatic rings. The van der Waals surface area contributed by atoms with E-state index in [1.165, 1.54) is 0 Å². The molecule has 0 bridgehead atoms. The van der Waals surface area contributed by atoms with Crippen LogP contribution in [0, 0.1) is 5.92 Å². The molecule has 0 aliphatic heterocycles. The minimum atomic E-state index is -0.649. The van der Waals surface area contributed by atoms with Crippen LogP contribution in [0.1, 0.15) is 19.4 Å². The molecule has 0 heterocycles. The molecule has 0 radical (unpaired) electrons. The Kier molecular flexibility index (Phi) is 3.85. The first-order valence-corrected chi connectivity index (χ1v) is 4.79. The number of hydrogen-bond donors (Lipinski definition) is 2. The molecule has 3 N–H and O–H groups in total. The predicted octanol–water partition coefficient (Wildman–Crippen LogP) is 1.72. The van der Waals surface area contributed by atoms with Crippen molar-refractivity contribution in [3.63, 3.8) is 0 Å². The van der Waals surface area contributed by atoms with Gasteiger partial charge in [-0.2, -0.15) is 5.10 Å². The van der Waals surface area contributed by atoms with Gasteiger partial charge in [0.25, 0.3) is 0 Å². The van der Waals surface area contributed by atoms with E-state index in [-0.39, 0.29) is 5.92 Å². The zero-order valence-corrected chi connectivity index (χ0v) is 8.90. The molecule has 0 fully saturated rings. The summed E-state index contributed by atoms with van der Waals surface area (Å²) in [5.74, 6) is 0.222. The molecule has 0 spiro atoms. The molecule has 0 aromatic heterocycles. The molecule has 0 unspecified atom stereocenters. The lowest BCUT2D eigenvalue weighted by Gasteiger charge is -2.09. The Morgan fingerprint density at radius 1 is 1.33 bits per heavy atom. The lowest BCUT2D eigenvalue weighted by Crippen LogP contribution is -2.27. The van der Waals surface area contributed by atoms with Crippen LogP contribution < -0.4 is 11.2 Å². The molecule has 80 valence electrons. The summed E-state index contributed by atoms with van der Waals surface area (Å²) >= 11 is 0. The summed E-state index contributed by atoms with van der Waals surface area (Å²) in [6.07, 6.45) is 0. The van der Waals surface area contributed by atoms with Crippen molar-refractivity contribution in [1.82, 2.24) is 5.43 Å². The van der Waals surface area contributed by atoms with Crippen LogP contribution in [0.25, 0.3) is 0 Å². The Hall–Kier alpha value is -1.84. The van der Waals surface area contributed by atoms with Gasteiger partial charge in [0.15, 0.2) is 0 Å². The third-order valence-corrected chi connectivity index (χ3v) is 1.90. The van der Waals surface area contributed by atoms with Crippen LogP contribution in [0.15, 0.2) is 35.4 Å². The first-order chi connectivity index (χ1) is 7.11. The Bertz CT molecular complexity index is 357. The molecule has 0 saturated heterocycles. The van der Waals surface area contributed by atoms with E-state index in [2.05, 4.69) is 10.5 Å². The third kappa shape index (κ3) is 3.42. The molecule has 1 aromatic carbocycles. The van der Waals surface area contributed by atoms with Crippen LogP contribution in [0.4, 0.5) is 4.79 Å². The zero-order chi connectivity index (χ0) is 11.3. The summed E-state index contributed by atoms with van der Waals surface area (Å²) < 4.78 is 0. The van der Waals surface area contributed by atoms with E-state index in [4.69, 9.17) is 5.73 Å². The number of hydrazone groups is 1. The smallest absolute Gasteiger partial charge is 0.332 e. The van der Waals surface area contributed by atoms with Crippen LogP contribution in [-0.4, -0.2) is 11.7 Å². The molecule has 4 heteroatoms. The summed E-state index contributed by atoms with van der Waals surface area (Å²) in [6.45, 7) is 4.02. The SMILES string of the molecule is CC(C)/C(=N\NC(N)=O)c1ccccc1. The summed E-state index contributed by atoms with van der Waals surface area (Å²) in [7, 11) is 0. The van der Waals surface area contributed by atoms with Crippen molar-refractivity contribution in [2.45, 2.75) is 13.8 Å². The van der Waals surface area contributed by atoms with Gasteiger partial charge in [0.05, 0.1) is 5.71 Å². The van der Waals surface area contributed by atoms with Crippen molar-refractivity contribution >= 4 is 11.7 Å². The fourth-order valence-electron chi connectivity index (χ4n) is 1.25. The van der Waals surface area contributed by atoms with Gasteiger partial charge < -0.3 is 5.73 Å². The summed E-state index contributed by atoms with van der Waals surface area (Å²) in [6, 6.07) is 9.03. The van der Waals surface area contributed by atoms with Crippen molar-refractivity contribution in [1.29, 1.82) is 0 Å². The average molecular weight is 205 g/mol. The Labute approximate surface area is 89.2 Å². The number of urea groups is 1. The summed E-state index contributed by atoms with van der Waals surface area (Å²) in [5.41, 5.74) is 9.02. The van der Waals surface area contributed by atoms with E-state index < -0.39 is 6.03 Å². The first kappa shape index (κ1) is 11.2. The molecule has 0 aliphatic carbocycles. The van der Waals surface area contributed by atoms with Crippen molar-refractivity contribution < 1.29 is 4.79 Å². The van der Waals surface area contributed by atoms with E-state index >= 15 is 0 Å². The minimum Gasteiger partial charge on any atom is -0.350 e. The Morgan fingerprint density at radius 3 is 2.40 bits per heavy atom. The van der Waals surface area contributed by atoms with Gasteiger partial charge in [-0.3, -0.25) is 0 Å². The Morgan fingerprint density at radius 2 is 1.93 bits per heavy atom. The van der Waals surface area contributed by atoms with Crippen LogP contribution in [0.5, 0.6) is 0 Å². The fraction of sp³-hybridized carbons (Fsp3) is 0.273. The second kappa shape index (κ2) is 5.14. The molecular formula is C11H15N3O. The lowest BCUT2D eigenvalue weighted by molar-refractivity contribution is 0.249. The number of primary amides is 1. The monoisotopic (exact) mass is 205 g/mol. The zero-order valence-electron chi connectivity index (χ0n) is 8.90. The van der Waals surface area contributed by atoms with Crippen molar-refractivity contribution in [3.8, 4) is 0 Å². The first-order valence-electron chi connectivity index (χ1n) is 4.79. The average Bonchev–Trinajstić information content (AvgIpc) is 2.18. The summed E-state index contributed by atoms with van der Waals surface area (Å²) in [4.78, 5) is 10.6. The molecule has 15 heavy (non-hydrogen) atoms. The maximum absolute atomic E-state index is 10.6. The molecule has 0 saturated carbocycles. The number of carbonyl (C=O) groups is 1. The van der Waals surface area contributed by atoms with Gasteiger partial charge >= 0.3 is 6.03 Å². The highest BCUT2D eigenvalue weighted by Gasteiger charge is 2.08. The quantitative estimate of drug-likeness (QED) is 0.572. The van der Waals surface area contributed by atoms with Gasteiger partial charge in [-0.05, 0) is 11.5 Å². The maximum atomic E-state index is 10.6. The van der Waals surface area contributed by atoms with Gasteiger partial charge in [-0.15, -0.1) is 0 Å². The van der Waals surface area contributed by atoms with Crippen LogP contribution in [0.2, 0.25) is 0 Å². The molecular weight excluding hydrogens is 190 g/mol. The number of benzene rings is 1. The number of nitrogens with one attached hydrogen (secondary N) is 1. The third-order valence-electron chi connectivity index (χ3n) is 1.90. The minimum absolute atomic E-state index is 0.222. The highest BCUT2D eigenvalue weighted by molar-refractivity contribution is 6.02. The van der Waals surface area contributed by atoms with Gasteiger partial charge in [0, 0.05) is 0 Å². The van der Waals surface area contributed by atoms with Crippen LogP contribution in [-0.2, 0) is 0 Å². The molecule has 1 rings (SSSR count). The van der Waals surface area contributed by atoms with Gasteiger partial charge in [0.1, 0.15) is 0 Å². The second-order valence-electron chi connectivity index (χ2n) is 3.49. The second-order valence-corrected chi connectivity index (χ2v) is 3.49. The van der Waals surface area contributed by atoms with Crippen LogP contribution >= 0.6 is 0 Å². The summed E-state index contributed by atoms with van der Waals surface area (Å²) in [5, 5.41) is 3.99. The van der Waals surface area contributed by atoms with E-state index in [1.54, 1.807) is 0 Å². The number of hydrogen-bond acceptors (Lipinski definition) is 2. The molecule has 4 nitrogen and oxygen atoms in total. The topological polar surface area (TPSA) is 67.5 Å². The van der Waals surface area contributed by atoms with Gasteiger partial charge in [-0.1, -0.05) is 44.2 Å². The number of rotatable bonds is 3. The van der Waals surface area contributed by atoms with Crippen molar-refractivity contribution in [3.05, 3.63) is 35.9 Å². The van der Waals surface area contributed by atoms with E-state index in [1.807, 2.05) is 44.2 Å². The van der Waals surface area contributed by atoms with Gasteiger partial charge in [0.2, 0.25) is 0 Å².